The number of methoxy groups -OCH3 is 2. The van der Waals surface area contributed by atoms with Gasteiger partial charge in [-0.05, 0) is 49.7 Å². The minimum Gasteiger partial charge on any atom is -0.493 e. The van der Waals surface area contributed by atoms with Crippen molar-refractivity contribution in [3.8, 4) is 11.5 Å². The van der Waals surface area contributed by atoms with Crippen LogP contribution >= 0.6 is 11.6 Å². The monoisotopic (exact) mass is 427 g/mol. The molecule has 2 aromatic rings. The molecule has 0 fully saturated rings. The molecule has 0 bridgehead atoms. The highest BCUT2D eigenvalue weighted by atomic mass is 35.5. The zero-order chi connectivity index (χ0) is 20.9. The van der Waals surface area contributed by atoms with Gasteiger partial charge >= 0.3 is 5.97 Å². The lowest BCUT2D eigenvalue weighted by molar-refractivity contribution is -0.141. The highest BCUT2D eigenvalue weighted by Gasteiger charge is 2.29. The van der Waals surface area contributed by atoms with Gasteiger partial charge in [0.05, 0.1) is 31.4 Å². The number of carbonyl (C=O) groups excluding carboxylic acids is 1. The molecule has 0 amide bonds. The number of carbonyl (C=O) groups is 1. The molecule has 0 atom stereocenters. The second kappa shape index (κ2) is 9.16. The lowest BCUT2D eigenvalue weighted by Gasteiger charge is -2.25. The van der Waals surface area contributed by atoms with Crippen molar-refractivity contribution >= 4 is 33.3 Å². The predicted octanol–water partition coefficient (Wildman–Crippen LogP) is 3.42. The Kier molecular flexibility index (Phi) is 7.15. The lowest BCUT2D eigenvalue weighted by Crippen LogP contribution is -2.37. The van der Waals surface area contributed by atoms with Crippen LogP contribution in [0.5, 0.6) is 11.5 Å². The third kappa shape index (κ3) is 4.69. The van der Waals surface area contributed by atoms with Crippen molar-refractivity contribution in [3.05, 3.63) is 47.0 Å². The number of aryl methyl sites for hydroxylation is 1. The molecule has 2 aromatic carbocycles. The minimum absolute atomic E-state index is 0.0520. The third-order valence-corrected chi connectivity index (χ3v) is 5.94. The van der Waals surface area contributed by atoms with Crippen molar-refractivity contribution in [2.75, 3.05) is 31.7 Å². The Labute approximate surface area is 169 Å². The summed E-state index contributed by atoms with van der Waals surface area (Å²) in [4.78, 5) is 12.1. The molecule has 0 saturated heterocycles. The van der Waals surface area contributed by atoms with Crippen LogP contribution in [0.15, 0.2) is 41.3 Å². The van der Waals surface area contributed by atoms with Gasteiger partial charge in [-0.1, -0.05) is 11.6 Å². The fraction of sp³-hybridized carbons (Fsp3) is 0.316. The van der Waals surface area contributed by atoms with Crippen LogP contribution in [0.1, 0.15) is 12.5 Å². The standard InChI is InChI=1S/C19H22ClNO6S/c1-5-27-19(22)12-21(16-8-6-14(20)10-13(16)2)28(23,24)15-7-9-17(25-3)18(11-15)26-4/h6-11H,5,12H2,1-4H3. The fourth-order valence-corrected chi connectivity index (χ4v) is 4.34. The number of nitrogens with zero attached hydrogens (tertiary/aromatic N) is 1. The molecule has 0 heterocycles. The van der Waals surface area contributed by atoms with Crippen LogP contribution in [0.25, 0.3) is 0 Å². The zero-order valence-corrected chi connectivity index (χ0v) is 17.6. The second-order valence-electron chi connectivity index (χ2n) is 5.76. The van der Waals surface area contributed by atoms with Crippen LogP contribution in [-0.2, 0) is 19.6 Å². The van der Waals surface area contributed by atoms with Crippen LogP contribution in [0.4, 0.5) is 5.69 Å². The minimum atomic E-state index is -4.11. The Morgan fingerprint density at radius 2 is 1.75 bits per heavy atom. The fourth-order valence-electron chi connectivity index (χ4n) is 2.63. The van der Waals surface area contributed by atoms with Crippen molar-refractivity contribution in [1.82, 2.24) is 0 Å². The average molecular weight is 428 g/mol. The Balaban J connectivity index is 2.59. The van der Waals surface area contributed by atoms with Gasteiger partial charge in [0, 0.05) is 11.1 Å². The first-order valence-corrected chi connectivity index (χ1v) is 10.2. The first-order chi connectivity index (χ1) is 13.2. The van der Waals surface area contributed by atoms with E-state index in [1.165, 1.54) is 32.4 Å². The largest absolute Gasteiger partial charge is 0.493 e. The third-order valence-electron chi connectivity index (χ3n) is 3.95. The second-order valence-corrected chi connectivity index (χ2v) is 8.06. The molecule has 0 spiro atoms. The summed E-state index contributed by atoms with van der Waals surface area (Å²) in [6, 6.07) is 8.96. The molecule has 28 heavy (non-hydrogen) atoms. The summed E-state index contributed by atoms with van der Waals surface area (Å²) >= 11 is 5.99. The van der Waals surface area contributed by atoms with Crippen LogP contribution in [0.2, 0.25) is 5.02 Å². The van der Waals surface area contributed by atoms with Crippen LogP contribution in [0, 0.1) is 6.92 Å². The summed E-state index contributed by atoms with van der Waals surface area (Å²) < 4.78 is 43.0. The van der Waals surface area contributed by atoms with Crippen molar-refractivity contribution < 1.29 is 27.4 Å². The summed E-state index contributed by atoms with van der Waals surface area (Å²) in [5.41, 5.74) is 0.924. The molecule has 0 aliphatic carbocycles. The molecule has 0 aromatic heterocycles. The molecule has 0 radical (unpaired) electrons. The predicted molar refractivity (Wildman–Crippen MR) is 107 cm³/mol. The highest BCUT2D eigenvalue weighted by molar-refractivity contribution is 7.92. The maximum absolute atomic E-state index is 13.4. The number of rotatable bonds is 8. The van der Waals surface area contributed by atoms with Gasteiger partial charge < -0.3 is 14.2 Å². The van der Waals surface area contributed by atoms with E-state index in [-0.39, 0.29) is 17.3 Å². The molecule has 0 N–H and O–H groups in total. The maximum atomic E-state index is 13.4. The van der Waals surface area contributed by atoms with Gasteiger partial charge in [-0.15, -0.1) is 0 Å². The van der Waals surface area contributed by atoms with Gasteiger partial charge in [-0.3, -0.25) is 9.10 Å². The van der Waals surface area contributed by atoms with Gasteiger partial charge in [-0.25, -0.2) is 8.42 Å². The van der Waals surface area contributed by atoms with E-state index in [0.717, 1.165) is 4.31 Å². The number of esters is 1. The summed E-state index contributed by atoms with van der Waals surface area (Å²) in [5.74, 6) is -0.0190. The van der Waals surface area contributed by atoms with Crippen molar-refractivity contribution in [2.45, 2.75) is 18.7 Å². The Hall–Kier alpha value is -2.45. The Bertz CT molecular complexity index is 961. The number of benzene rings is 2. The number of anilines is 1. The molecule has 7 nitrogen and oxygen atoms in total. The summed E-state index contributed by atoms with van der Waals surface area (Å²) in [7, 11) is -1.24. The molecular weight excluding hydrogens is 406 g/mol. The quantitative estimate of drug-likeness (QED) is 0.600. The molecule has 0 aliphatic heterocycles. The zero-order valence-electron chi connectivity index (χ0n) is 16.1. The van der Waals surface area contributed by atoms with Gasteiger partial charge in [-0.2, -0.15) is 0 Å². The summed E-state index contributed by atoms with van der Waals surface area (Å²) in [5, 5.41) is 0.459. The van der Waals surface area contributed by atoms with Crippen molar-refractivity contribution in [2.24, 2.45) is 0 Å². The number of halogens is 1. The van der Waals surface area contributed by atoms with E-state index in [4.69, 9.17) is 25.8 Å². The lowest BCUT2D eigenvalue weighted by atomic mass is 10.2. The molecular formula is C19H22ClNO6S. The summed E-state index contributed by atoms with van der Waals surface area (Å²) in [6.07, 6.45) is 0. The van der Waals surface area contributed by atoms with E-state index in [1.54, 1.807) is 32.0 Å². The van der Waals surface area contributed by atoms with E-state index in [0.29, 0.717) is 22.0 Å². The van der Waals surface area contributed by atoms with Crippen LogP contribution < -0.4 is 13.8 Å². The van der Waals surface area contributed by atoms with E-state index < -0.39 is 22.5 Å². The SMILES string of the molecule is CCOC(=O)CN(c1ccc(Cl)cc1C)S(=O)(=O)c1ccc(OC)c(OC)c1. The van der Waals surface area contributed by atoms with Gasteiger partial charge in [0.15, 0.2) is 11.5 Å². The number of hydrogen-bond acceptors (Lipinski definition) is 6. The van der Waals surface area contributed by atoms with Gasteiger partial charge in [0.25, 0.3) is 10.0 Å². The van der Waals surface area contributed by atoms with Gasteiger partial charge in [0.2, 0.25) is 0 Å². The van der Waals surface area contributed by atoms with E-state index in [2.05, 4.69) is 0 Å². The van der Waals surface area contributed by atoms with E-state index in [9.17, 15) is 13.2 Å². The molecule has 0 aliphatic rings. The molecule has 9 heteroatoms. The van der Waals surface area contributed by atoms with Gasteiger partial charge in [0.1, 0.15) is 6.54 Å². The Morgan fingerprint density at radius 3 is 2.32 bits per heavy atom. The molecule has 2 rings (SSSR count). The molecule has 0 saturated carbocycles. The van der Waals surface area contributed by atoms with E-state index in [1.807, 2.05) is 0 Å². The topological polar surface area (TPSA) is 82.1 Å². The number of ether oxygens (including phenoxy) is 3. The number of sulfonamides is 1. The first kappa shape index (κ1) is 21.8. The average Bonchev–Trinajstić information content (AvgIpc) is 2.66. The van der Waals surface area contributed by atoms with Crippen LogP contribution in [-0.4, -0.2) is 41.8 Å². The number of hydrogen-bond donors (Lipinski definition) is 0. The van der Waals surface area contributed by atoms with Crippen molar-refractivity contribution in [1.29, 1.82) is 0 Å². The highest BCUT2D eigenvalue weighted by Crippen LogP contribution is 2.33. The summed E-state index contributed by atoms with van der Waals surface area (Å²) in [6.45, 7) is 3.03. The molecule has 152 valence electrons. The van der Waals surface area contributed by atoms with E-state index >= 15 is 0 Å². The van der Waals surface area contributed by atoms with Crippen LogP contribution in [0.3, 0.4) is 0 Å². The Morgan fingerprint density at radius 1 is 1.07 bits per heavy atom. The molecule has 0 unspecified atom stereocenters. The smallest absolute Gasteiger partial charge is 0.326 e. The normalized spacial score (nSPS) is 11.0. The maximum Gasteiger partial charge on any atom is 0.326 e. The first-order valence-electron chi connectivity index (χ1n) is 8.41. The van der Waals surface area contributed by atoms with Crippen molar-refractivity contribution in [3.63, 3.8) is 0 Å².